The lowest BCUT2D eigenvalue weighted by Crippen LogP contribution is -2.40. The van der Waals surface area contributed by atoms with Gasteiger partial charge in [-0.1, -0.05) is 6.42 Å². The van der Waals surface area contributed by atoms with Crippen molar-refractivity contribution in [3.8, 4) is 0 Å². The Morgan fingerprint density at radius 3 is 2.70 bits per heavy atom. The van der Waals surface area contributed by atoms with E-state index in [0.717, 1.165) is 43.4 Å². The highest BCUT2D eigenvalue weighted by atomic mass is 32.1. The van der Waals surface area contributed by atoms with Gasteiger partial charge in [0, 0.05) is 17.0 Å². The van der Waals surface area contributed by atoms with Crippen molar-refractivity contribution in [2.24, 2.45) is 5.73 Å². The minimum absolute atomic E-state index is 0.128. The summed E-state index contributed by atoms with van der Waals surface area (Å²) in [4.78, 5) is 14.7. The lowest BCUT2D eigenvalue weighted by Gasteiger charge is -2.26. The van der Waals surface area contributed by atoms with Crippen molar-refractivity contribution in [1.82, 2.24) is 5.32 Å². The van der Waals surface area contributed by atoms with E-state index < -0.39 is 0 Å². The molecule has 110 valence electrons. The predicted octanol–water partition coefficient (Wildman–Crippen LogP) is 3.02. The second-order valence-corrected chi connectivity index (χ2v) is 7.34. The Kier molecular flexibility index (Phi) is 4.41. The number of aryl methyl sites for hydroxylation is 2. The predicted molar refractivity (Wildman–Crippen MR) is 83.3 cm³/mol. The highest BCUT2D eigenvalue weighted by Gasteiger charge is 2.22. The van der Waals surface area contributed by atoms with Crippen LogP contribution in [-0.4, -0.2) is 18.0 Å². The van der Waals surface area contributed by atoms with Crippen LogP contribution in [0.2, 0.25) is 0 Å². The summed E-state index contributed by atoms with van der Waals surface area (Å²) < 4.78 is 0. The maximum atomic E-state index is 12.4. The number of carbonyl (C=O) groups excluding carboxylic acids is 1. The Morgan fingerprint density at radius 2 is 1.90 bits per heavy atom. The monoisotopic (exact) mass is 292 g/mol. The van der Waals surface area contributed by atoms with Crippen LogP contribution in [-0.2, 0) is 12.8 Å². The second-order valence-electron chi connectivity index (χ2n) is 6.20. The molecule has 0 aromatic carbocycles. The van der Waals surface area contributed by atoms with Gasteiger partial charge in [0.1, 0.15) is 0 Å². The number of fused-ring (bicyclic) bond motifs is 1. The maximum Gasteiger partial charge on any atom is 0.261 e. The molecule has 0 radical (unpaired) electrons. The van der Waals surface area contributed by atoms with E-state index in [4.69, 9.17) is 5.73 Å². The van der Waals surface area contributed by atoms with Gasteiger partial charge in [-0.2, -0.15) is 0 Å². The van der Waals surface area contributed by atoms with Crippen molar-refractivity contribution < 1.29 is 4.79 Å². The first-order chi connectivity index (χ1) is 9.72. The summed E-state index contributed by atoms with van der Waals surface area (Å²) >= 11 is 1.71. The molecule has 0 aliphatic heterocycles. The molecule has 0 saturated heterocycles. The zero-order chi connectivity index (χ0) is 13.9. The molecular weight excluding hydrogens is 268 g/mol. The Balaban J connectivity index is 1.62. The van der Waals surface area contributed by atoms with Gasteiger partial charge in [-0.15, -0.1) is 11.3 Å². The zero-order valence-corrected chi connectivity index (χ0v) is 12.8. The third kappa shape index (κ3) is 3.23. The number of amides is 1. The minimum atomic E-state index is 0.128. The van der Waals surface area contributed by atoms with Gasteiger partial charge in [0.2, 0.25) is 0 Å². The summed E-state index contributed by atoms with van der Waals surface area (Å²) in [5.41, 5.74) is 7.33. The van der Waals surface area contributed by atoms with Crippen molar-refractivity contribution in [1.29, 1.82) is 0 Å². The molecule has 1 heterocycles. The Morgan fingerprint density at radius 1 is 1.15 bits per heavy atom. The van der Waals surface area contributed by atoms with E-state index in [9.17, 15) is 4.79 Å². The average Bonchev–Trinajstić information content (AvgIpc) is 2.73. The molecule has 2 aliphatic carbocycles. The summed E-state index contributed by atoms with van der Waals surface area (Å²) in [6.45, 7) is 0. The van der Waals surface area contributed by atoms with E-state index in [0.29, 0.717) is 12.1 Å². The van der Waals surface area contributed by atoms with Crippen LogP contribution in [0, 0.1) is 0 Å². The minimum Gasteiger partial charge on any atom is -0.349 e. The summed E-state index contributed by atoms with van der Waals surface area (Å²) in [5.74, 6) is 0.128. The zero-order valence-electron chi connectivity index (χ0n) is 12.0. The highest BCUT2D eigenvalue weighted by Crippen LogP contribution is 2.29. The maximum absolute atomic E-state index is 12.4. The van der Waals surface area contributed by atoms with Gasteiger partial charge < -0.3 is 11.1 Å². The van der Waals surface area contributed by atoms with Crippen molar-refractivity contribution >= 4 is 17.2 Å². The number of carbonyl (C=O) groups is 1. The standard InChI is InChI=1S/C16H24N2OS/c17-12-6-8-13(9-7-12)18-16(19)15-10-11-4-2-1-3-5-14(11)20-15/h10,12-13H,1-9,17H2,(H,18,19). The molecule has 3 N–H and O–H groups in total. The molecule has 1 aromatic rings. The van der Waals surface area contributed by atoms with Crippen molar-refractivity contribution in [2.75, 3.05) is 0 Å². The van der Waals surface area contributed by atoms with Gasteiger partial charge in [-0.25, -0.2) is 0 Å². The van der Waals surface area contributed by atoms with E-state index in [1.54, 1.807) is 11.3 Å². The van der Waals surface area contributed by atoms with Gasteiger partial charge in [-0.05, 0) is 63.0 Å². The van der Waals surface area contributed by atoms with Crippen LogP contribution in [0.15, 0.2) is 6.07 Å². The highest BCUT2D eigenvalue weighted by molar-refractivity contribution is 7.14. The van der Waals surface area contributed by atoms with Gasteiger partial charge >= 0.3 is 0 Å². The summed E-state index contributed by atoms with van der Waals surface area (Å²) in [7, 11) is 0. The Hall–Kier alpha value is -0.870. The molecular formula is C16H24N2OS. The largest absolute Gasteiger partial charge is 0.349 e. The van der Waals surface area contributed by atoms with Crippen LogP contribution in [0.1, 0.15) is 65.1 Å². The van der Waals surface area contributed by atoms with Crippen molar-refractivity contribution in [3.63, 3.8) is 0 Å². The summed E-state index contributed by atoms with van der Waals surface area (Å²) in [6, 6.07) is 2.79. The van der Waals surface area contributed by atoms with E-state index in [1.807, 2.05) is 0 Å². The van der Waals surface area contributed by atoms with Gasteiger partial charge in [0.05, 0.1) is 4.88 Å². The van der Waals surface area contributed by atoms with Crippen molar-refractivity contribution in [3.05, 3.63) is 21.4 Å². The number of hydrogen-bond acceptors (Lipinski definition) is 3. The molecule has 0 atom stereocenters. The Bertz CT molecular complexity index is 451. The van der Waals surface area contributed by atoms with Crippen LogP contribution in [0.5, 0.6) is 0 Å². The third-order valence-corrected chi connectivity index (χ3v) is 5.81. The smallest absolute Gasteiger partial charge is 0.261 e. The molecule has 0 spiro atoms. The SMILES string of the molecule is NC1CCC(NC(=O)c2cc3c(s2)CCCCC3)CC1. The van der Waals surface area contributed by atoms with E-state index in [-0.39, 0.29) is 5.91 Å². The molecule has 1 amide bonds. The van der Waals surface area contributed by atoms with Crippen LogP contribution >= 0.6 is 11.3 Å². The number of hydrogen-bond donors (Lipinski definition) is 2. The number of rotatable bonds is 2. The van der Waals surface area contributed by atoms with E-state index in [1.165, 1.54) is 29.7 Å². The molecule has 1 fully saturated rings. The lowest BCUT2D eigenvalue weighted by atomic mass is 9.92. The first-order valence-electron chi connectivity index (χ1n) is 7.90. The molecule has 3 nitrogen and oxygen atoms in total. The van der Waals surface area contributed by atoms with Crippen LogP contribution in [0.4, 0.5) is 0 Å². The number of nitrogens with two attached hydrogens (primary N) is 1. The van der Waals surface area contributed by atoms with Crippen LogP contribution < -0.4 is 11.1 Å². The molecule has 3 rings (SSSR count). The summed E-state index contributed by atoms with van der Waals surface area (Å²) in [5, 5.41) is 3.20. The molecule has 0 bridgehead atoms. The van der Waals surface area contributed by atoms with Crippen LogP contribution in [0.3, 0.4) is 0 Å². The fourth-order valence-corrected chi connectivity index (χ4v) is 4.46. The van der Waals surface area contributed by atoms with Crippen LogP contribution in [0.25, 0.3) is 0 Å². The quantitative estimate of drug-likeness (QED) is 0.823. The van der Waals surface area contributed by atoms with Gasteiger partial charge in [0.25, 0.3) is 5.91 Å². The molecule has 2 aliphatic rings. The second kappa shape index (κ2) is 6.27. The summed E-state index contributed by atoms with van der Waals surface area (Å²) in [6.07, 6.45) is 10.3. The average molecular weight is 292 g/mol. The van der Waals surface area contributed by atoms with Gasteiger partial charge in [-0.3, -0.25) is 4.79 Å². The fraction of sp³-hybridized carbons (Fsp3) is 0.688. The van der Waals surface area contributed by atoms with E-state index in [2.05, 4.69) is 11.4 Å². The third-order valence-electron chi connectivity index (χ3n) is 4.58. The van der Waals surface area contributed by atoms with Crippen molar-refractivity contribution in [2.45, 2.75) is 69.9 Å². The molecule has 20 heavy (non-hydrogen) atoms. The van der Waals surface area contributed by atoms with E-state index >= 15 is 0 Å². The lowest BCUT2D eigenvalue weighted by molar-refractivity contribution is 0.0930. The fourth-order valence-electron chi connectivity index (χ4n) is 3.30. The van der Waals surface area contributed by atoms with Gasteiger partial charge in [0.15, 0.2) is 0 Å². The first-order valence-corrected chi connectivity index (χ1v) is 8.72. The molecule has 4 heteroatoms. The first kappa shape index (κ1) is 14.1. The normalized spacial score (nSPS) is 26.6. The number of thiophene rings is 1. The molecule has 1 saturated carbocycles. The number of nitrogens with one attached hydrogen (secondary N) is 1. The molecule has 1 aromatic heterocycles. The molecule has 0 unspecified atom stereocenters. The topological polar surface area (TPSA) is 55.1 Å². The Labute approximate surface area is 124 Å².